The number of carboxylic acid groups (broad SMARTS) is 1. The summed E-state index contributed by atoms with van der Waals surface area (Å²) < 4.78 is 0. The van der Waals surface area contributed by atoms with Crippen molar-refractivity contribution in [3.05, 3.63) is 0 Å². The fourth-order valence-corrected chi connectivity index (χ4v) is 4.33. The zero-order valence-corrected chi connectivity index (χ0v) is 12.7. The molecular formula is C16H29NO2. The molecule has 0 aromatic carbocycles. The number of carbonyl (C=O) groups is 1. The summed E-state index contributed by atoms with van der Waals surface area (Å²) in [5, 5.41) is 9.22. The summed E-state index contributed by atoms with van der Waals surface area (Å²) in [5.74, 6) is -0.0485. The van der Waals surface area contributed by atoms with Crippen LogP contribution in [0.25, 0.3) is 0 Å². The predicted molar refractivity (Wildman–Crippen MR) is 77.2 cm³/mol. The molecular weight excluding hydrogens is 238 g/mol. The molecule has 2 unspecified atom stereocenters. The molecule has 110 valence electrons. The quantitative estimate of drug-likeness (QED) is 0.847. The van der Waals surface area contributed by atoms with Gasteiger partial charge in [0.1, 0.15) is 0 Å². The second-order valence-corrected chi connectivity index (χ2v) is 7.46. The van der Waals surface area contributed by atoms with Crippen LogP contribution in [-0.4, -0.2) is 34.6 Å². The molecule has 0 spiro atoms. The Balaban J connectivity index is 2.07. The van der Waals surface area contributed by atoms with Gasteiger partial charge in [-0.25, -0.2) is 0 Å². The second kappa shape index (κ2) is 5.82. The lowest BCUT2D eigenvalue weighted by molar-refractivity contribution is -0.140. The third kappa shape index (κ3) is 3.71. The van der Waals surface area contributed by atoms with E-state index in [0.29, 0.717) is 23.4 Å². The molecule has 2 atom stereocenters. The first-order chi connectivity index (χ1) is 8.89. The minimum atomic E-state index is -0.663. The first kappa shape index (κ1) is 14.8. The van der Waals surface area contributed by atoms with Crippen LogP contribution in [0.15, 0.2) is 0 Å². The van der Waals surface area contributed by atoms with Crippen molar-refractivity contribution in [2.24, 2.45) is 11.3 Å². The number of nitrogens with zero attached hydrogens (tertiary/aromatic N) is 1. The molecule has 2 rings (SSSR count). The molecule has 0 bridgehead atoms. The fourth-order valence-electron chi connectivity index (χ4n) is 4.33. The van der Waals surface area contributed by atoms with Gasteiger partial charge in [0.2, 0.25) is 0 Å². The lowest BCUT2D eigenvalue weighted by atomic mass is 9.70. The van der Waals surface area contributed by atoms with E-state index < -0.39 is 5.97 Å². The lowest BCUT2D eigenvalue weighted by Crippen LogP contribution is -2.50. The molecule has 0 amide bonds. The second-order valence-electron chi connectivity index (χ2n) is 7.46. The topological polar surface area (TPSA) is 40.5 Å². The van der Waals surface area contributed by atoms with E-state index in [1.54, 1.807) is 0 Å². The van der Waals surface area contributed by atoms with Crippen LogP contribution in [-0.2, 0) is 4.79 Å². The van der Waals surface area contributed by atoms with Crippen LogP contribution < -0.4 is 0 Å². The third-order valence-electron chi connectivity index (χ3n) is 5.19. The molecule has 2 aliphatic carbocycles. The summed E-state index contributed by atoms with van der Waals surface area (Å²) in [6, 6.07) is 0.997. The van der Waals surface area contributed by atoms with E-state index in [2.05, 4.69) is 25.7 Å². The minimum Gasteiger partial charge on any atom is -0.480 e. The Morgan fingerprint density at radius 3 is 2.42 bits per heavy atom. The van der Waals surface area contributed by atoms with Crippen molar-refractivity contribution in [1.29, 1.82) is 0 Å². The van der Waals surface area contributed by atoms with Crippen molar-refractivity contribution in [2.45, 2.75) is 77.8 Å². The van der Waals surface area contributed by atoms with Crippen molar-refractivity contribution in [3.63, 3.8) is 0 Å². The van der Waals surface area contributed by atoms with Gasteiger partial charge in [-0.2, -0.15) is 0 Å². The summed E-state index contributed by atoms with van der Waals surface area (Å²) in [7, 11) is 0. The van der Waals surface area contributed by atoms with Gasteiger partial charge in [0.05, 0.1) is 6.54 Å². The van der Waals surface area contributed by atoms with Gasteiger partial charge in [-0.15, -0.1) is 0 Å². The molecule has 3 nitrogen and oxygen atoms in total. The average molecular weight is 267 g/mol. The highest BCUT2D eigenvalue weighted by Crippen LogP contribution is 2.42. The van der Waals surface area contributed by atoms with Gasteiger partial charge in [-0.3, -0.25) is 9.69 Å². The van der Waals surface area contributed by atoms with E-state index in [-0.39, 0.29) is 6.54 Å². The van der Waals surface area contributed by atoms with E-state index in [0.717, 1.165) is 6.42 Å². The third-order valence-corrected chi connectivity index (χ3v) is 5.19. The monoisotopic (exact) mass is 267 g/mol. The Labute approximate surface area is 117 Å². The molecule has 0 aromatic rings. The van der Waals surface area contributed by atoms with Gasteiger partial charge in [0.15, 0.2) is 0 Å². The van der Waals surface area contributed by atoms with E-state index in [9.17, 15) is 9.90 Å². The van der Waals surface area contributed by atoms with Gasteiger partial charge in [-0.05, 0) is 43.4 Å². The molecule has 2 fully saturated rings. The van der Waals surface area contributed by atoms with Gasteiger partial charge in [0.25, 0.3) is 0 Å². The summed E-state index contributed by atoms with van der Waals surface area (Å²) in [4.78, 5) is 13.5. The van der Waals surface area contributed by atoms with Crippen molar-refractivity contribution >= 4 is 5.97 Å². The number of rotatable bonds is 4. The molecule has 2 saturated carbocycles. The smallest absolute Gasteiger partial charge is 0.317 e. The van der Waals surface area contributed by atoms with Crippen molar-refractivity contribution < 1.29 is 9.90 Å². The highest BCUT2D eigenvalue weighted by molar-refractivity contribution is 5.69. The zero-order valence-electron chi connectivity index (χ0n) is 12.7. The Morgan fingerprint density at radius 2 is 1.89 bits per heavy atom. The van der Waals surface area contributed by atoms with E-state index in [1.165, 1.54) is 38.5 Å². The summed E-state index contributed by atoms with van der Waals surface area (Å²) in [6.45, 7) is 7.24. The number of hydrogen-bond acceptors (Lipinski definition) is 2. The molecule has 0 aliphatic heterocycles. The Morgan fingerprint density at radius 1 is 1.26 bits per heavy atom. The lowest BCUT2D eigenvalue weighted by Gasteiger charge is -2.46. The normalized spacial score (nSPS) is 31.8. The Bertz CT molecular complexity index is 321. The number of hydrogen-bond donors (Lipinski definition) is 1. The van der Waals surface area contributed by atoms with Crippen LogP contribution in [0.2, 0.25) is 0 Å². The summed E-state index contributed by atoms with van der Waals surface area (Å²) in [5.41, 5.74) is 0.431. The van der Waals surface area contributed by atoms with Gasteiger partial charge >= 0.3 is 5.97 Å². The molecule has 0 radical (unpaired) electrons. The maximum absolute atomic E-state index is 11.2. The standard InChI is InChI=1S/C16H29NO2/c1-12-10-16(2,3)9-8-14(12)17(11-15(18)19)13-6-4-5-7-13/h12-14H,4-11H2,1-3H3,(H,18,19). The SMILES string of the molecule is CC1CC(C)(C)CCC1N(CC(=O)O)C1CCCC1. The highest BCUT2D eigenvalue weighted by atomic mass is 16.4. The molecule has 0 heterocycles. The largest absolute Gasteiger partial charge is 0.480 e. The predicted octanol–water partition coefficient (Wildman–Crippen LogP) is 3.53. The first-order valence-electron chi connectivity index (χ1n) is 7.86. The van der Waals surface area contributed by atoms with Crippen LogP contribution >= 0.6 is 0 Å². The van der Waals surface area contributed by atoms with E-state index in [1.807, 2.05) is 0 Å². The van der Waals surface area contributed by atoms with Crippen LogP contribution in [0.5, 0.6) is 0 Å². The van der Waals surface area contributed by atoms with Crippen LogP contribution in [0.1, 0.15) is 65.7 Å². The van der Waals surface area contributed by atoms with Crippen molar-refractivity contribution in [3.8, 4) is 0 Å². The Hall–Kier alpha value is -0.570. The molecule has 3 heteroatoms. The average Bonchev–Trinajstić information content (AvgIpc) is 2.78. The molecule has 0 aromatic heterocycles. The maximum atomic E-state index is 11.2. The minimum absolute atomic E-state index is 0.236. The first-order valence-corrected chi connectivity index (χ1v) is 7.86. The molecule has 0 saturated heterocycles. The fraction of sp³-hybridized carbons (Fsp3) is 0.938. The molecule has 2 aliphatic rings. The van der Waals surface area contributed by atoms with E-state index >= 15 is 0 Å². The maximum Gasteiger partial charge on any atom is 0.317 e. The van der Waals surface area contributed by atoms with Crippen LogP contribution in [0.4, 0.5) is 0 Å². The van der Waals surface area contributed by atoms with Crippen LogP contribution in [0.3, 0.4) is 0 Å². The number of aliphatic carboxylic acids is 1. The number of carboxylic acids is 1. The van der Waals surface area contributed by atoms with Gasteiger partial charge in [-0.1, -0.05) is 33.6 Å². The highest BCUT2D eigenvalue weighted by Gasteiger charge is 2.38. The van der Waals surface area contributed by atoms with Crippen molar-refractivity contribution in [1.82, 2.24) is 4.90 Å². The zero-order chi connectivity index (χ0) is 14.0. The molecule has 1 N–H and O–H groups in total. The summed E-state index contributed by atoms with van der Waals surface area (Å²) in [6.07, 6.45) is 8.55. The van der Waals surface area contributed by atoms with Crippen LogP contribution in [0, 0.1) is 11.3 Å². The summed E-state index contributed by atoms with van der Waals surface area (Å²) >= 11 is 0. The van der Waals surface area contributed by atoms with E-state index in [4.69, 9.17) is 0 Å². The van der Waals surface area contributed by atoms with Gasteiger partial charge in [0, 0.05) is 12.1 Å². The molecule has 19 heavy (non-hydrogen) atoms. The van der Waals surface area contributed by atoms with Crippen molar-refractivity contribution in [2.75, 3.05) is 6.54 Å². The Kier molecular flexibility index (Phi) is 4.54. The van der Waals surface area contributed by atoms with Gasteiger partial charge < -0.3 is 5.11 Å².